The number of anilines is 1. The molecule has 0 bridgehead atoms. The fraction of sp³-hybridized carbons (Fsp3) is 0.467. The average Bonchev–Trinajstić information content (AvgIpc) is 2.51. The van der Waals surface area contributed by atoms with Gasteiger partial charge in [0, 0.05) is 11.3 Å². The quantitative estimate of drug-likeness (QED) is 0.748. The number of rotatable bonds is 6. The molecule has 1 aromatic carbocycles. The van der Waals surface area contributed by atoms with Crippen LogP contribution in [0.5, 0.6) is 0 Å². The maximum atomic E-state index is 12.0. The molecule has 2 atom stereocenters. The number of alkyl halides is 3. The third-order valence-electron chi connectivity index (χ3n) is 3.42. The minimum Gasteiger partial charge on any atom is -0.343 e. The average molecular weight is 331 g/mol. The van der Waals surface area contributed by atoms with E-state index in [9.17, 15) is 22.8 Å². The van der Waals surface area contributed by atoms with E-state index < -0.39 is 24.7 Å². The molecule has 0 radical (unpaired) electrons. The van der Waals surface area contributed by atoms with E-state index in [-0.39, 0.29) is 17.4 Å². The van der Waals surface area contributed by atoms with Crippen LogP contribution in [0.15, 0.2) is 24.3 Å². The Morgan fingerprint density at radius 3 is 2.26 bits per heavy atom. The van der Waals surface area contributed by atoms with E-state index in [4.69, 9.17) is 5.73 Å². The molecule has 2 amide bonds. The van der Waals surface area contributed by atoms with Gasteiger partial charge in [0.1, 0.15) is 6.54 Å². The Morgan fingerprint density at radius 2 is 1.78 bits per heavy atom. The second kappa shape index (κ2) is 7.96. The van der Waals surface area contributed by atoms with Gasteiger partial charge in [-0.15, -0.1) is 0 Å². The second-order valence-electron chi connectivity index (χ2n) is 5.28. The van der Waals surface area contributed by atoms with Crippen LogP contribution < -0.4 is 16.4 Å². The summed E-state index contributed by atoms with van der Waals surface area (Å²) >= 11 is 0. The number of benzene rings is 1. The van der Waals surface area contributed by atoms with E-state index in [1.54, 1.807) is 5.32 Å². The number of nitrogens with one attached hydrogen (secondary N) is 2. The van der Waals surface area contributed by atoms with Crippen LogP contribution in [0, 0.1) is 5.92 Å². The van der Waals surface area contributed by atoms with Crippen LogP contribution >= 0.6 is 0 Å². The second-order valence-corrected chi connectivity index (χ2v) is 5.28. The Kier molecular flexibility index (Phi) is 6.56. The number of carbonyl (C=O) groups excluding carboxylic acids is 2. The third-order valence-corrected chi connectivity index (χ3v) is 3.42. The first-order chi connectivity index (χ1) is 10.6. The molecule has 0 aliphatic rings. The van der Waals surface area contributed by atoms with Gasteiger partial charge < -0.3 is 16.4 Å². The van der Waals surface area contributed by atoms with E-state index in [0.29, 0.717) is 5.69 Å². The monoisotopic (exact) mass is 331 g/mol. The summed E-state index contributed by atoms with van der Waals surface area (Å²) in [6.07, 6.45) is -3.71. The number of carbonyl (C=O) groups is 2. The Balaban J connectivity index is 2.63. The normalized spacial score (nSPS) is 14.0. The number of halogens is 3. The number of amides is 2. The fourth-order valence-corrected chi connectivity index (χ4v) is 1.73. The van der Waals surface area contributed by atoms with E-state index in [0.717, 1.165) is 6.42 Å². The molecule has 1 rings (SSSR count). The fourth-order valence-electron chi connectivity index (χ4n) is 1.73. The van der Waals surface area contributed by atoms with Crippen LogP contribution in [0.25, 0.3) is 0 Å². The molecule has 128 valence electrons. The topological polar surface area (TPSA) is 84.2 Å². The molecule has 0 spiro atoms. The van der Waals surface area contributed by atoms with Crippen molar-refractivity contribution in [2.75, 3.05) is 11.9 Å². The first-order valence-electron chi connectivity index (χ1n) is 7.15. The summed E-state index contributed by atoms with van der Waals surface area (Å²) in [5, 5.41) is 4.37. The van der Waals surface area contributed by atoms with Crippen molar-refractivity contribution in [3.05, 3.63) is 29.8 Å². The van der Waals surface area contributed by atoms with Crippen molar-refractivity contribution in [1.29, 1.82) is 0 Å². The molecule has 0 heterocycles. The van der Waals surface area contributed by atoms with Gasteiger partial charge in [-0.1, -0.05) is 20.3 Å². The largest absolute Gasteiger partial charge is 0.405 e. The molecule has 0 aromatic heterocycles. The highest BCUT2D eigenvalue weighted by Gasteiger charge is 2.27. The lowest BCUT2D eigenvalue weighted by molar-refractivity contribution is -0.123. The van der Waals surface area contributed by atoms with Crippen molar-refractivity contribution in [2.45, 2.75) is 32.5 Å². The maximum Gasteiger partial charge on any atom is 0.405 e. The first kappa shape index (κ1) is 19.0. The zero-order valence-corrected chi connectivity index (χ0v) is 12.9. The van der Waals surface area contributed by atoms with Crippen molar-refractivity contribution in [3.8, 4) is 0 Å². The van der Waals surface area contributed by atoms with Gasteiger partial charge in [-0.3, -0.25) is 9.59 Å². The summed E-state index contributed by atoms with van der Waals surface area (Å²) in [6.45, 7) is 2.39. The summed E-state index contributed by atoms with van der Waals surface area (Å²) in [5.74, 6) is -1.17. The molecule has 0 aliphatic heterocycles. The van der Waals surface area contributed by atoms with E-state index in [1.165, 1.54) is 24.3 Å². The lowest BCUT2D eigenvalue weighted by atomic mass is 9.99. The highest BCUT2D eigenvalue weighted by Crippen LogP contribution is 2.14. The molecule has 0 aliphatic carbocycles. The van der Waals surface area contributed by atoms with Crippen LogP contribution in [0.2, 0.25) is 0 Å². The van der Waals surface area contributed by atoms with Gasteiger partial charge in [0.25, 0.3) is 5.91 Å². The molecule has 0 fully saturated rings. The lowest BCUT2D eigenvalue weighted by Gasteiger charge is -2.17. The Labute approximate surface area is 132 Å². The smallest absolute Gasteiger partial charge is 0.343 e. The lowest BCUT2D eigenvalue weighted by Crippen LogP contribution is -2.40. The predicted octanol–water partition coefficient (Wildman–Crippen LogP) is 2.29. The highest BCUT2D eigenvalue weighted by atomic mass is 19.4. The molecule has 8 heteroatoms. The minimum absolute atomic E-state index is 0.0161. The first-order valence-corrected chi connectivity index (χ1v) is 7.15. The van der Waals surface area contributed by atoms with Crippen LogP contribution in [-0.2, 0) is 4.79 Å². The minimum atomic E-state index is -4.46. The van der Waals surface area contributed by atoms with Crippen molar-refractivity contribution < 1.29 is 22.8 Å². The highest BCUT2D eigenvalue weighted by molar-refractivity contribution is 5.97. The number of nitrogens with two attached hydrogens (primary N) is 1. The van der Waals surface area contributed by atoms with Crippen molar-refractivity contribution >= 4 is 17.5 Å². The predicted molar refractivity (Wildman–Crippen MR) is 80.9 cm³/mol. The van der Waals surface area contributed by atoms with E-state index in [1.807, 2.05) is 13.8 Å². The summed E-state index contributed by atoms with van der Waals surface area (Å²) in [4.78, 5) is 23.4. The zero-order chi connectivity index (χ0) is 17.6. The van der Waals surface area contributed by atoms with Crippen molar-refractivity contribution in [3.63, 3.8) is 0 Å². The van der Waals surface area contributed by atoms with Gasteiger partial charge in [0.2, 0.25) is 5.91 Å². The maximum absolute atomic E-state index is 12.0. The Bertz CT molecular complexity index is 544. The van der Waals surface area contributed by atoms with Crippen LogP contribution in [0.3, 0.4) is 0 Å². The van der Waals surface area contributed by atoms with Gasteiger partial charge in [0.15, 0.2) is 0 Å². The Morgan fingerprint density at radius 1 is 1.22 bits per heavy atom. The van der Waals surface area contributed by atoms with Crippen molar-refractivity contribution in [1.82, 2.24) is 5.32 Å². The molecule has 1 aromatic rings. The molecule has 4 N–H and O–H groups in total. The summed E-state index contributed by atoms with van der Waals surface area (Å²) in [6, 6.07) is 4.87. The molecule has 23 heavy (non-hydrogen) atoms. The van der Waals surface area contributed by atoms with Gasteiger partial charge in [-0.25, -0.2) is 0 Å². The standard InChI is InChI=1S/C15H20F3N3O2/c1-3-9(2)12(19)14(23)21-11-6-4-10(5-7-11)13(22)20-8-15(16,17)18/h4-7,9,12H,3,8,19H2,1-2H3,(H,20,22)(H,21,23). The molecule has 0 saturated heterocycles. The molecule has 5 nitrogen and oxygen atoms in total. The zero-order valence-electron chi connectivity index (χ0n) is 12.9. The van der Waals surface area contributed by atoms with E-state index >= 15 is 0 Å². The van der Waals surface area contributed by atoms with Crippen LogP contribution in [-0.4, -0.2) is 30.6 Å². The van der Waals surface area contributed by atoms with E-state index in [2.05, 4.69) is 5.32 Å². The Hall–Kier alpha value is -2.09. The summed E-state index contributed by atoms with van der Waals surface area (Å²) < 4.78 is 36.1. The number of hydrogen-bond donors (Lipinski definition) is 3. The van der Waals surface area contributed by atoms with Crippen molar-refractivity contribution in [2.24, 2.45) is 11.7 Å². The SMILES string of the molecule is CCC(C)C(N)C(=O)Nc1ccc(C(=O)NCC(F)(F)F)cc1. The van der Waals surface area contributed by atoms with Crippen LogP contribution in [0.4, 0.5) is 18.9 Å². The molecule has 0 saturated carbocycles. The van der Waals surface area contributed by atoms with Gasteiger partial charge >= 0.3 is 6.18 Å². The molecular formula is C15H20F3N3O2. The summed E-state index contributed by atoms with van der Waals surface area (Å²) in [5.41, 5.74) is 6.28. The molecule has 2 unspecified atom stereocenters. The van der Waals surface area contributed by atoms with Gasteiger partial charge in [-0.2, -0.15) is 13.2 Å². The molecular weight excluding hydrogens is 311 g/mol. The van der Waals surface area contributed by atoms with Gasteiger partial charge in [0.05, 0.1) is 6.04 Å². The third kappa shape index (κ3) is 6.27. The van der Waals surface area contributed by atoms with Crippen LogP contribution in [0.1, 0.15) is 30.6 Å². The van der Waals surface area contributed by atoms with Gasteiger partial charge in [-0.05, 0) is 30.2 Å². The summed E-state index contributed by atoms with van der Waals surface area (Å²) in [7, 11) is 0. The number of hydrogen-bond acceptors (Lipinski definition) is 3.